The number of carbonyl (C=O) groups excluding carboxylic acids is 2. The molecule has 0 bridgehead atoms. The molecular weight excluding hydrogens is 384 g/mol. The molecule has 1 N–H and O–H groups in total. The lowest BCUT2D eigenvalue weighted by molar-refractivity contribution is -0.131. The van der Waals surface area contributed by atoms with Crippen LogP contribution in [0, 0.1) is 0 Å². The lowest BCUT2D eigenvalue weighted by Gasteiger charge is -2.09. The summed E-state index contributed by atoms with van der Waals surface area (Å²) < 4.78 is 8.21. The van der Waals surface area contributed by atoms with Crippen molar-refractivity contribution >= 4 is 11.9 Å². The van der Waals surface area contributed by atoms with Gasteiger partial charge in [-0.25, -0.2) is 9.48 Å². The van der Waals surface area contributed by atoms with Gasteiger partial charge in [-0.1, -0.05) is 42.5 Å². The van der Waals surface area contributed by atoms with E-state index < -0.39 is 5.97 Å². The molecule has 0 atom stereocenters. The minimum absolute atomic E-state index is 0.175. The predicted octanol–water partition coefficient (Wildman–Crippen LogP) is 2.40. The number of hydrogen-bond donors (Lipinski definition) is 1. The molecule has 0 unspecified atom stereocenters. The van der Waals surface area contributed by atoms with Crippen molar-refractivity contribution in [1.82, 2.24) is 19.7 Å². The molecule has 1 aromatic heterocycles. The van der Waals surface area contributed by atoms with E-state index in [0.29, 0.717) is 5.82 Å². The van der Waals surface area contributed by atoms with Crippen LogP contribution in [0.1, 0.15) is 36.2 Å². The number of ether oxygens (including phenoxy) is 1. The largest absolute Gasteiger partial charge is 0.426 e. The van der Waals surface area contributed by atoms with Gasteiger partial charge in [0.2, 0.25) is 0 Å². The van der Waals surface area contributed by atoms with Gasteiger partial charge in [0.05, 0.1) is 12.1 Å². The summed E-state index contributed by atoms with van der Waals surface area (Å²) in [4.78, 5) is 36.6. The summed E-state index contributed by atoms with van der Waals surface area (Å²) in [5, 5.41) is 7.28. The smallest absolute Gasteiger partial charge is 0.346 e. The number of hydrogen-bond acceptors (Lipinski definition) is 5. The summed E-state index contributed by atoms with van der Waals surface area (Å²) >= 11 is 0. The average molecular weight is 406 g/mol. The third-order valence-electron chi connectivity index (χ3n) is 4.81. The van der Waals surface area contributed by atoms with Gasteiger partial charge < -0.3 is 10.1 Å². The topological polar surface area (TPSA) is 95.2 Å². The molecule has 4 rings (SSSR count). The van der Waals surface area contributed by atoms with Gasteiger partial charge in [-0.15, -0.1) is 5.10 Å². The fourth-order valence-electron chi connectivity index (χ4n) is 3.28. The molecule has 1 saturated carbocycles. The van der Waals surface area contributed by atoms with E-state index in [1.54, 1.807) is 28.8 Å². The SMILES string of the molecule is CC(=O)Oc1ccccc1C(=O)NCCn1nc(-c2ccccc2)n(C2CC2)c1=O. The average Bonchev–Trinajstić information content (AvgIpc) is 3.52. The van der Waals surface area contributed by atoms with Gasteiger partial charge in [0.1, 0.15) is 5.75 Å². The Morgan fingerprint density at radius 1 is 1.10 bits per heavy atom. The molecule has 1 amide bonds. The van der Waals surface area contributed by atoms with E-state index in [2.05, 4.69) is 10.4 Å². The Morgan fingerprint density at radius 3 is 2.50 bits per heavy atom. The zero-order chi connectivity index (χ0) is 21.1. The molecule has 1 fully saturated rings. The Balaban J connectivity index is 1.48. The monoisotopic (exact) mass is 406 g/mol. The van der Waals surface area contributed by atoms with Gasteiger partial charge in [-0.05, 0) is 25.0 Å². The summed E-state index contributed by atoms with van der Waals surface area (Å²) in [5.41, 5.74) is 0.971. The number of benzene rings is 2. The highest BCUT2D eigenvalue weighted by atomic mass is 16.5. The van der Waals surface area contributed by atoms with Crippen LogP contribution in [0.25, 0.3) is 11.4 Å². The highest BCUT2D eigenvalue weighted by Gasteiger charge is 2.30. The zero-order valence-corrected chi connectivity index (χ0v) is 16.6. The first-order chi connectivity index (χ1) is 14.5. The standard InChI is InChI=1S/C22H22N4O4/c1-15(27)30-19-10-6-5-9-18(19)21(28)23-13-14-25-22(29)26(17-11-12-17)20(24-25)16-7-3-2-4-8-16/h2-10,17H,11-14H2,1H3,(H,23,28). The van der Waals surface area contributed by atoms with E-state index in [4.69, 9.17) is 4.74 Å². The summed E-state index contributed by atoms with van der Waals surface area (Å²) in [5.74, 6) is -0.0376. The molecule has 3 aromatic rings. The van der Waals surface area contributed by atoms with Crippen molar-refractivity contribution in [3.05, 3.63) is 70.6 Å². The molecule has 1 aliphatic carbocycles. The summed E-state index contributed by atoms with van der Waals surface area (Å²) in [7, 11) is 0. The second kappa shape index (κ2) is 8.36. The van der Waals surface area contributed by atoms with Crippen LogP contribution in [0.4, 0.5) is 0 Å². The number of aromatic nitrogens is 3. The molecule has 2 aromatic carbocycles. The second-order valence-corrected chi connectivity index (χ2v) is 7.14. The molecule has 0 aliphatic heterocycles. The molecule has 1 aliphatic rings. The summed E-state index contributed by atoms with van der Waals surface area (Å²) in [6, 6.07) is 16.3. The molecule has 30 heavy (non-hydrogen) atoms. The normalized spacial score (nSPS) is 13.1. The molecule has 0 spiro atoms. The number of amides is 1. The highest BCUT2D eigenvalue weighted by molar-refractivity contribution is 5.97. The fourth-order valence-corrected chi connectivity index (χ4v) is 3.28. The van der Waals surface area contributed by atoms with Crippen LogP contribution in [0.3, 0.4) is 0 Å². The second-order valence-electron chi connectivity index (χ2n) is 7.14. The van der Waals surface area contributed by atoms with Gasteiger partial charge >= 0.3 is 11.7 Å². The van der Waals surface area contributed by atoms with Gasteiger partial charge in [-0.2, -0.15) is 0 Å². The summed E-state index contributed by atoms with van der Waals surface area (Å²) in [6.07, 6.45) is 1.93. The number of carbonyl (C=O) groups is 2. The van der Waals surface area contributed by atoms with Crippen molar-refractivity contribution < 1.29 is 14.3 Å². The highest BCUT2D eigenvalue weighted by Crippen LogP contribution is 2.36. The third kappa shape index (κ3) is 4.17. The molecule has 8 heteroatoms. The molecular formula is C22H22N4O4. The summed E-state index contributed by atoms with van der Waals surface area (Å²) in [6.45, 7) is 1.73. The molecule has 8 nitrogen and oxygen atoms in total. The molecule has 0 radical (unpaired) electrons. The Hall–Kier alpha value is -3.68. The van der Waals surface area contributed by atoms with Crippen LogP contribution in [0.15, 0.2) is 59.4 Å². The minimum atomic E-state index is -0.499. The van der Waals surface area contributed by atoms with E-state index in [9.17, 15) is 14.4 Å². The van der Waals surface area contributed by atoms with E-state index in [1.165, 1.54) is 11.6 Å². The van der Waals surface area contributed by atoms with E-state index >= 15 is 0 Å². The predicted molar refractivity (Wildman–Crippen MR) is 110 cm³/mol. The van der Waals surface area contributed by atoms with Gasteiger partial charge in [0.15, 0.2) is 5.82 Å². The first-order valence-corrected chi connectivity index (χ1v) is 9.85. The third-order valence-corrected chi connectivity index (χ3v) is 4.81. The van der Waals surface area contributed by atoms with E-state index in [1.807, 2.05) is 30.3 Å². The maximum atomic E-state index is 12.9. The molecule has 0 saturated heterocycles. The van der Waals surface area contributed by atoms with Crippen LogP contribution < -0.4 is 15.7 Å². The lowest BCUT2D eigenvalue weighted by atomic mass is 10.2. The fraction of sp³-hybridized carbons (Fsp3) is 0.273. The van der Waals surface area contributed by atoms with Crippen molar-refractivity contribution in [2.45, 2.75) is 32.4 Å². The van der Waals surface area contributed by atoms with Crippen LogP contribution in [-0.2, 0) is 11.3 Å². The van der Waals surface area contributed by atoms with E-state index in [-0.39, 0.29) is 42.0 Å². The number of nitrogens with one attached hydrogen (secondary N) is 1. The van der Waals surface area contributed by atoms with Crippen molar-refractivity contribution in [3.8, 4) is 17.1 Å². The maximum absolute atomic E-state index is 12.9. The molecule has 154 valence electrons. The number of nitrogens with zero attached hydrogens (tertiary/aromatic N) is 3. The first kappa shape index (κ1) is 19.6. The van der Waals surface area contributed by atoms with Crippen molar-refractivity contribution in [1.29, 1.82) is 0 Å². The number of esters is 1. The van der Waals surface area contributed by atoms with Crippen molar-refractivity contribution in [2.75, 3.05) is 6.54 Å². The lowest BCUT2D eigenvalue weighted by Crippen LogP contribution is -2.32. The number of para-hydroxylation sites is 1. The Kier molecular flexibility index (Phi) is 5.47. The van der Waals surface area contributed by atoms with Crippen LogP contribution >= 0.6 is 0 Å². The van der Waals surface area contributed by atoms with Crippen LogP contribution in [-0.4, -0.2) is 32.8 Å². The quantitative estimate of drug-likeness (QED) is 0.480. The first-order valence-electron chi connectivity index (χ1n) is 9.85. The Morgan fingerprint density at radius 2 is 1.80 bits per heavy atom. The van der Waals surface area contributed by atoms with Crippen molar-refractivity contribution in [2.24, 2.45) is 0 Å². The van der Waals surface area contributed by atoms with Gasteiger partial charge in [0.25, 0.3) is 5.91 Å². The van der Waals surface area contributed by atoms with Gasteiger partial charge in [0, 0.05) is 25.1 Å². The number of rotatable bonds is 7. The molecule has 1 heterocycles. The van der Waals surface area contributed by atoms with Crippen LogP contribution in [0.2, 0.25) is 0 Å². The van der Waals surface area contributed by atoms with Gasteiger partial charge in [-0.3, -0.25) is 14.2 Å². The maximum Gasteiger partial charge on any atom is 0.346 e. The van der Waals surface area contributed by atoms with Crippen molar-refractivity contribution in [3.63, 3.8) is 0 Å². The Labute approximate surface area is 173 Å². The zero-order valence-electron chi connectivity index (χ0n) is 16.6. The Bertz CT molecular complexity index is 1130. The minimum Gasteiger partial charge on any atom is -0.426 e. The van der Waals surface area contributed by atoms with Crippen LogP contribution in [0.5, 0.6) is 5.75 Å². The van der Waals surface area contributed by atoms with E-state index in [0.717, 1.165) is 18.4 Å².